The van der Waals surface area contributed by atoms with Crippen LogP contribution < -0.4 is 0 Å². The van der Waals surface area contributed by atoms with Gasteiger partial charge in [-0.05, 0) is 19.3 Å². The molecule has 1 unspecified atom stereocenters. The molecule has 0 fully saturated rings. The van der Waals surface area contributed by atoms with Crippen molar-refractivity contribution in [2.24, 2.45) is 0 Å². The Morgan fingerprint density at radius 1 is 0.559 bits per heavy atom. The number of carbonyl (C=O) groups is 2. The molecule has 0 aliphatic rings. The van der Waals surface area contributed by atoms with Gasteiger partial charge in [0, 0.05) is 6.42 Å². The first-order chi connectivity index (χ1) is 16.6. The predicted octanol–water partition coefficient (Wildman–Crippen LogP) is 9.78. The molecule has 0 aromatic heterocycles. The molecule has 0 amide bonds. The number of esters is 1. The minimum absolute atomic E-state index is 0.0681. The molecule has 4 nitrogen and oxygen atoms in total. The van der Waals surface area contributed by atoms with E-state index >= 15 is 0 Å². The number of unbranched alkanes of at least 4 members (excludes halogenated alkanes) is 20. The molecule has 34 heavy (non-hydrogen) atoms. The van der Waals surface area contributed by atoms with Crippen molar-refractivity contribution in [3.05, 3.63) is 0 Å². The number of ether oxygens (including phenoxy) is 1. The van der Waals surface area contributed by atoms with Crippen molar-refractivity contribution in [1.29, 1.82) is 0 Å². The summed E-state index contributed by atoms with van der Waals surface area (Å²) in [6.07, 6.45) is 28.3. The third-order valence-electron chi connectivity index (χ3n) is 6.81. The molecule has 0 aliphatic carbocycles. The number of aliphatic carboxylic acids is 1. The molecule has 0 heterocycles. The quantitative estimate of drug-likeness (QED) is 0.0934. The van der Waals surface area contributed by atoms with Gasteiger partial charge in [-0.3, -0.25) is 9.59 Å². The maximum absolute atomic E-state index is 12.2. The second-order valence-electron chi connectivity index (χ2n) is 10.3. The summed E-state index contributed by atoms with van der Waals surface area (Å²) in [6.45, 7) is 4.50. The summed E-state index contributed by atoms with van der Waals surface area (Å²) in [6, 6.07) is 0. The summed E-state index contributed by atoms with van der Waals surface area (Å²) >= 11 is 0. The summed E-state index contributed by atoms with van der Waals surface area (Å²) in [5, 5.41) is 9.15. The Labute approximate surface area is 212 Å². The van der Waals surface area contributed by atoms with Crippen molar-refractivity contribution in [3.63, 3.8) is 0 Å². The summed E-state index contributed by atoms with van der Waals surface area (Å²) < 4.78 is 5.52. The van der Waals surface area contributed by atoms with Crippen molar-refractivity contribution >= 4 is 11.9 Å². The van der Waals surface area contributed by atoms with Gasteiger partial charge >= 0.3 is 11.9 Å². The molecular weight excluding hydrogens is 424 g/mol. The highest BCUT2D eigenvalue weighted by atomic mass is 16.5. The van der Waals surface area contributed by atoms with Crippen LogP contribution in [0.2, 0.25) is 0 Å². The Balaban J connectivity index is 3.67. The highest BCUT2D eigenvalue weighted by molar-refractivity contribution is 5.71. The van der Waals surface area contributed by atoms with Gasteiger partial charge in [0.05, 0.1) is 6.42 Å². The molecule has 0 aliphatic heterocycles. The molecule has 0 radical (unpaired) electrons. The van der Waals surface area contributed by atoms with Gasteiger partial charge in [0.15, 0.2) is 0 Å². The van der Waals surface area contributed by atoms with E-state index in [4.69, 9.17) is 9.84 Å². The zero-order chi connectivity index (χ0) is 25.1. The number of carboxylic acid groups (broad SMARTS) is 1. The number of hydrogen-bond donors (Lipinski definition) is 1. The third-order valence-corrected chi connectivity index (χ3v) is 6.81. The van der Waals surface area contributed by atoms with Crippen molar-refractivity contribution in [1.82, 2.24) is 0 Å². The summed E-state index contributed by atoms with van der Waals surface area (Å²) in [5.74, 6) is -1.10. The van der Waals surface area contributed by atoms with Crippen LogP contribution in [-0.2, 0) is 14.3 Å². The molecule has 0 rings (SSSR count). The van der Waals surface area contributed by atoms with Gasteiger partial charge in [-0.25, -0.2) is 0 Å². The topological polar surface area (TPSA) is 63.6 Å². The van der Waals surface area contributed by atoms with Gasteiger partial charge < -0.3 is 9.84 Å². The molecule has 0 spiro atoms. The number of rotatable bonds is 27. The van der Waals surface area contributed by atoms with Gasteiger partial charge in [-0.1, -0.05) is 142 Å². The Bertz CT molecular complexity index is 449. The van der Waals surface area contributed by atoms with Crippen molar-refractivity contribution < 1.29 is 19.4 Å². The van der Waals surface area contributed by atoms with Crippen molar-refractivity contribution in [2.75, 3.05) is 0 Å². The van der Waals surface area contributed by atoms with Crippen molar-refractivity contribution in [3.8, 4) is 0 Å². The minimum Gasteiger partial charge on any atom is -0.481 e. The molecule has 1 atom stereocenters. The molecule has 4 heteroatoms. The lowest BCUT2D eigenvalue weighted by Gasteiger charge is -2.16. The van der Waals surface area contributed by atoms with Gasteiger partial charge in [0.2, 0.25) is 0 Å². The van der Waals surface area contributed by atoms with Crippen LogP contribution in [0.5, 0.6) is 0 Å². The highest BCUT2D eigenvalue weighted by Crippen LogP contribution is 2.16. The van der Waals surface area contributed by atoms with E-state index in [2.05, 4.69) is 13.8 Å². The first kappa shape index (κ1) is 32.9. The van der Waals surface area contributed by atoms with Gasteiger partial charge in [-0.2, -0.15) is 0 Å². The lowest BCUT2D eigenvalue weighted by molar-refractivity contribution is -0.153. The van der Waals surface area contributed by atoms with Gasteiger partial charge in [-0.15, -0.1) is 0 Å². The van der Waals surface area contributed by atoms with Crippen LogP contribution in [0.4, 0.5) is 0 Å². The second kappa shape index (κ2) is 26.5. The first-order valence-electron chi connectivity index (χ1n) is 15.0. The van der Waals surface area contributed by atoms with E-state index in [0.717, 1.165) is 25.7 Å². The molecule has 0 bridgehead atoms. The third kappa shape index (κ3) is 25.6. The van der Waals surface area contributed by atoms with Crippen LogP contribution >= 0.6 is 0 Å². The summed E-state index contributed by atoms with van der Waals surface area (Å²) in [4.78, 5) is 23.3. The van der Waals surface area contributed by atoms with E-state index in [9.17, 15) is 9.59 Å². The van der Waals surface area contributed by atoms with E-state index in [1.165, 1.54) is 116 Å². The molecule has 0 saturated heterocycles. The Morgan fingerprint density at radius 2 is 0.912 bits per heavy atom. The zero-order valence-electron chi connectivity index (χ0n) is 22.9. The lowest BCUT2D eigenvalue weighted by atomic mass is 10.0. The largest absolute Gasteiger partial charge is 0.481 e. The smallest absolute Gasteiger partial charge is 0.307 e. The first-order valence-corrected chi connectivity index (χ1v) is 15.0. The van der Waals surface area contributed by atoms with Crippen molar-refractivity contribution in [2.45, 2.75) is 180 Å². The molecule has 0 aromatic rings. The molecule has 0 aromatic carbocycles. The maximum Gasteiger partial charge on any atom is 0.307 e. The average molecular weight is 483 g/mol. The maximum atomic E-state index is 12.2. The summed E-state index contributed by atoms with van der Waals surface area (Å²) in [5.41, 5.74) is 0. The number of carbonyl (C=O) groups excluding carboxylic acids is 1. The van der Waals surface area contributed by atoms with Crippen LogP contribution in [0.1, 0.15) is 174 Å². The van der Waals surface area contributed by atoms with E-state index in [1.54, 1.807) is 0 Å². The summed E-state index contributed by atoms with van der Waals surface area (Å²) in [7, 11) is 0. The monoisotopic (exact) mass is 482 g/mol. The van der Waals surface area contributed by atoms with Crippen LogP contribution in [0.25, 0.3) is 0 Å². The fraction of sp³-hybridized carbons (Fsp3) is 0.933. The van der Waals surface area contributed by atoms with E-state index in [0.29, 0.717) is 12.8 Å². The second-order valence-corrected chi connectivity index (χ2v) is 10.3. The average Bonchev–Trinajstić information content (AvgIpc) is 2.80. The minimum atomic E-state index is -0.880. The Kier molecular flexibility index (Phi) is 25.7. The molecular formula is C30H58O4. The van der Waals surface area contributed by atoms with E-state index in [1.807, 2.05) is 0 Å². The number of hydrogen-bond acceptors (Lipinski definition) is 3. The normalized spacial score (nSPS) is 12.1. The lowest BCUT2D eigenvalue weighted by Crippen LogP contribution is -2.21. The van der Waals surface area contributed by atoms with Crippen LogP contribution in [0.3, 0.4) is 0 Å². The standard InChI is InChI=1S/C30H58O4/c1-3-5-7-9-11-13-14-15-16-18-20-22-24-26-30(33)34-28(27-29(31)32)25-23-21-19-17-12-10-8-6-4-2/h28H,3-27H2,1-2H3,(H,31,32). The van der Waals surface area contributed by atoms with Crippen LogP contribution in [-0.4, -0.2) is 23.1 Å². The van der Waals surface area contributed by atoms with E-state index < -0.39 is 12.1 Å². The SMILES string of the molecule is CCCCCCCCCCCCCCCC(=O)OC(CCCCCCCCCCC)CC(=O)O. The fourth-order valence-corrected chi connectivity index (χ4v) is 4.61. The Morgan fingerprint density at radius 3 is 1.29 bits per heavy atom. The van der Waals surface area contributed by atoms with Crippen LogP contribution in [0, 0.1) is 0 Å². The van der Waals surface area contributed by atoms with Gasteiger partial charge in [0.1, 0.15) is 6.10 Å². The highest BCUT2D eigenvalue weighted by Gasteiger charge is 2.17. The van der Waals surface area contributed by atoms with Gasteiger partial charge in [0.25, 0.3) is 0 Å². The number of carboxylic acids is 1. The molecule has 1 N–H and O–H groups in total. The fourth-order valence-electron chi connectivity index (χ4n) is 4.61. The Hall–Kier alpha value is -1.06. The van der Waals surface area contributed by atoms with E-state index in [-0.39, 0.29) is 12.4 Å². The van der Waals surface area contributed by atoms with Crippen LogP contribution in [0.15, 0.2) is 0 Å². The molecule has 202 valence electrons. The molecule has 0 saturated carbocycles. The zero-order valence-corrected chi connectivity index (χ0v) is 22.9. The predicted molar refractivity (Wildman–Crippen MR) is 144 cm³/mol.